The first-order valence-electron chi connectivity index (χ1n) is 12.5. The van der Waals surface area contributed by atoms with Crippen LogP contribution >= 0.6 is 0 Å². The Morgan fingerprint density at radius 1 is 1.11 bits per heavy atom. The normalized spacial score (nSPS) is 16.6. The molecule has 2 aliphatic rings. The molecule has 38 heavy (non-hydrogen) atoms. The number of carbonyl (C=O) groups excluding carboxylic acids is 2. The summed E-state index contributed by atoms with van der Waals surface area (Å²) in [6.45, 7) is 5.75. The van der Waals surface area contributed by atoms with Crippen molar-refractivity contribution in [2.24, 2.45) is 0 Å². The number of anilines is 1. The van der Waals surface area contributed by atoms with E-state index in [1.54, 1.807) is 40.6 Å². The molecule has 2 aliphatic heterocycles. The molecule has 1 aromatic carbocycles. The second-order valence-electron chi connectivity index (χ2n) is 9.79. The zero-order chi connectivity index (χ0) is 26.4. The van der Waals surface area contributed by atoms with Crippen LogP contribution in [-0.2, 0) is 0 Å². The maximum Gasteiger partial charge on any atom is 0.320 e. The van der Waals surface area contributed by atoms with Crippen molar-refractivity contribution in [3.8, 4) is 11.4 Å². The lowest BCUT2D eigenvalue weighted by Gasteiger charge is -2.42. The van der Waals surface area contributed by atoms with Crippen LogP contribution in [0.4, 0.5) is 14.9 Å². The predicted octanol–water partition coefficient (Wildman–Crippen LogP) is 2.85. The molecule has 0 bridgehead atoms. The number of nitrogens with one attached hydrogen (secondary N) is 1. The minimum absolute atomic E-state index is 0.0287. The number of piperazine rings is 1. The SMILES string of the molecule is Cc1c(F)cc(-c2noc(C3CN(C(=O)N4CCN(C)CC4)C3)n2)cc1NC(=O)c1cnc2ccccn12. The number of hydrogen-bond donors (Lipinski definition) is 1. The molecule has 196 valence electrons. The van der Waals surface area contributed by atoms with Gasteiger partial charge in [0.25, 0.3) is 5.91 Å². The van der Waals surface area contributed by atoms with Crippen LogP contribution in [0.5, 0.6) is 0 Å². The first-order chi connectivity index (χ1) is 18.4. The lowest BCUT2D eigenvalue weighted by atomic mass is 10.0. The molecular weight excluding hydrogens is 491 g/mol. The van der Waals surface area contributed by atoms with Crippen molar-refractivity contribution in [2.75, 3.05) is 51.6 Å². The van der Waals surface area contributed by atoms with Crippen LogP contribution in [-0.4, -0.2) is 92.5 Å². The molecule has 1 N–H and O–H groups in total. The number of aromatic nitrogens is 4. The first kappa shape index (κ1) is 24.0. The number of benzene rings is 1. The van der Waals surface area contributed by atoms with Gasteiger partial charge in [0.05, 0.1) is 12.1 Å². The third-order valence-electron chi connectivity index (χ3n) is 7.22. The molecule has 2 saturated heterocycles. The van der Waals surface area contributed by atoms with E-state index in [4.69, 9.17) is 4.52 Å². The van der Waals surface area contributed by atoms with Gasteiger partial charge < -0.3 is 24.5 Å². The number of likely N-dealkylation sites (tertiary alicyclic amines) is 1. The Bertz CT molecular complexity index is 1520. The number of urea groups is 1. The number of carbonyl (C=O) groups is 2. The van der Waals surface area contributed by atoms with Crippen molar-refractivity contribution >= 4 is 23.3 Å². The number of fused-ring (bicyclic) bond motifs is 1. The molecule has 6 rings (SSSR count). The average Bonchev–Trinajstić information content (AvgIpc) is 3.54. The Hall–Kier alpha value is -4.32. The first-order valence-corrected chi connectivity index (χ1v) is 12.5. The van der Waals surface area contributed by atoms with E-state index < -0.39 is 11.7 Å². The summed E-state index contributed by atoms with van der Waals surface area (Å²) in [5, 5.41) is 6.82. The highest BCUT2D eigenvalue weighted by Crippen LogP contribution is 2.31. The second-order valence-corrected chi connectivity index (χ2v) is 9.79. The van der Waals surface area contributed by atoms with Gasteiger partial charge >= 0.3 is 6.03 Å². The fourth-order valence-corrected chi connectivity index (χ4v) is 4.73. The van der Waals surface area contributed by atoms with E-state index in [1.165, 1.54) is 12.3 Å². The topological polar surface area (TPSA) is 112 Å². The van der Waals surface area contributed by atoms with E-state index in [0.29, 0.717) is 41.6 Å². The molecule has 2 fully saturated rings. The van der Waals surface area contributed by atoms with Gasteiger partial charge in [0.1, 0.15) is 17.2 Å². The maximum absolute atomic E-state index is 14.8. The molecule has 11 nitrogen and oxygen atoms in total. The number of hydrogen-bond acceptors (Lipinski definition) is 7. The Kier molecular flexibility index (Phi) is 6.03. The molecule has 3 aromatic heterocycles. The van der Waals surface area contributed by atoms with Crippen molar-refractivity contribution in [1.29, 1.82) is 0 Å². The van der Waals surface area contributed by atoms with Gasteiger partial charge in [-0.1, -0.05) is 11.2 Å². The largest absolute Gasteiger partial charge is 0.339 e. The molecule has 3 amide bonds. The minimum Gasteiger partial charge on any atom is -0.339 e. The molecule has 0 atom stereocenters. The van der Waals surface area contributed by atoms with Gasteiger partial charge in [0.2, 0.25) is 11.7 Å². The molecule has 0 radical (unpaired) electrons. The molecule has 4 aromatic rings. The molecule has 0 aliphatic carbocycles. The summed E-state index contributed by atoms with van der Waals surface area (Å²) in [4.78, 5) is 40.3. The van der Waals surface area contributed by atoms with Gasteiger partial charge in [0, 0.05) is 62.3 Å². The zero-order valence-corrected chi connectivity index (χ0v) is 21.1. The van der Waals surface area contributed by atoms with Crippen molar-refractivity contribution in [3.05, 3.63) is 65.7 Å². The van der Waals surface area contributed by atoms with Gasteiger partial charge in [-0.05, 0) is 38.2 Å². The van der Waals surface area contributed by atoms with Gasteiger partial charge in [-0.15, -0.1) is 0 Å². The zero-order valence-electron chi connectivity index (χ0n) is 21.1. The highest BCUT2D eigenvalue weighted by atomic mass is 19.1. The second kappa shape index (κ2) is 9.53. The smallest absolute Gasteiger partial charge is 0.320 e. The molecular formula is C26H27FN8O3. The number of imidazole rings is 1. The van der Waals surface area contributed by atoms with Gasteiger partial charge in [-0.25, -0.2) is 14.2 Å². The van der Waals surface area contributed by atoms with Crippen LogP contribution in [0.15, 0.2) is 47.2 Å². The van der Waals surface area contributed by atoms with E-state index in [1.807, 2.05) is 18.0 Å². The van der Waals surface area contributed by atoms with Crippen molar-refractivity contribution in [1.82, 2.24) is 34.2 Å². The van der Waals surface area contributed by atoms with Gasteiger partial charge in [-0.3, -0.25) is 9.20 Å². The number of pyridine rings is 1. The molecule has 0 spiro atoms. The van der Waals surface area contributed by atoms with Crippen LogP contribution in [0, 0.1) is 12.7 Å². The summed E-state index contributed by atoms with van der Waals surface area (Å²) in [7, 11) is 2.05. The lowest BCUT2D eigenvalue weighted by Crippen LogP contribution is -2.57. The number of rotatable bonds is 4. The quantitative estimate of drug-likeness (QED) is 0.442. The Labute approximate surface area is 217 Å². The van der Waals surface area contributed by atoms with E-state index in [-0.39, 0.29) is 23.3 Å². The van der Waals surface area contributed by atoms with Crippen LogP contribution in [0.2, 0.25) is 0 Å². The highest BCUT2D eigenvalue weighted by Gasteiger charge is 2.38. The van der Waals surface area contributed by atoms with Crippen LogP contribution < -0.4 is 5.32 Å². The summed E-state index contributed by atoms with van der Waals surface area (Å²) >= 11 is 0. The van der Waals surface area contributed by atoms with E-state index >= 15 is 0 Å². The summed E-state index contributed by atoms with van der Waals surface area (Å²) < 4.78 is 22.0. The highest BCUT2D eigenvalue weighted by molar-refractivity contribution is 6.04. The van der Waals surface area contributed by atoms with E-state index in [9.17, 15) is 14.0 Å². The van der Waals surface area contributed by atoms with Crippen molar-refractivity contribution in [2.45, 2.75) is 12.8 Å². The van der Waals surface area contributed by atoms with Gasteiger partial charge in [0.15, 0.2) is 0 Å². The fourth-order valence-electron chi connectivity index (χ4n) is 4.73. The predicted molar refractivity (Wildman–Crippen MR) is 136 cm³/mol. The summed E-state index contributed by atoms with van der Waals surface area (Å²) in [6, 6.07) is 8.39. The Morgan fingerprint density at radius 2 is 1.89 bits per heavy atom. The van der Waals surface area contributed by atoms with Crippen molar-refractivity contribution in [3.63, 3.8) is 0 Å². The Morgan fingerprint density at radius 3 is 2.68 bits per heavy atom. The molecule has 12 heteroatoms. The number of amides is 3. The summed E-state index contributed by atoms with van der Waals surface area (Å²) in [5.41, 5.74) is 1.93. The Balaban J connectivity index is 1.15. The van der Waals surface area contributed by atoms with Crippen LogP contribution in [0.1, 0.15) is 27.9 Å². The molecule has 0 saturated carbocycles. The third-order valence-corrected chi connectivity index (χ3v) is 7.22. The lowest BCUT2D eigenvalue weighted by molar-refractivity contribution is 0.0870. The monoisotopic (exact) mass is 518 g/mol. The maximum atomic E-state index is 14.8. The summed E-state index contributed by atoms with van der Waals surface area (Å²) in [6.07, 6.45) is 3.21. The van der Waals surface area contributed by atoms with Crippen LogP contribution in [0.3, 0.4) is 0 Å². The van der Waals surface area contributed by atoms with E-state index in [2.05, 4.69) is 25.3 Å². The fraction of sp³-hybridized carbons (Fsp3) is 0.346. The number of nitrogens with zero attached hydrogens (tertiary/aromatic N) is 7. The molecule has 5 heterocycles. The number of halogens is 1. The van der Waals surface area contributed by atoms with Gasteiger partial charge in [-0.2, -0.15) is 4.98 Å². The minimum atomic E-state index is -0.505. The number of likely N-dealkylation sites (N-methyl/N-ethyl adjacent to an activating group) is 1. The average molecular weight is 519 g/mol. The molecule has 0 unspecified atom stereocenters. The standard InChI is InChI=1S/C26H27FN8O3/c1-16-19(27)11-17(12-20(16)29-24(36)21-13-28-22-5-3-4-6-35(21)22)23-30-25(38-31-23)18-14-34(15-18)26(37)33-9-7-32(2)8-10-33/h3-6,11-13,18H,7-10,14-15H2,1-2H3,(H,29,36). The van der Waals surface area contributed by atoms with E-state index in [0.717, 1.165) is 26.2 Å². The third kappa shape index (κ3) is 4.36. The summed E-state index contributed by atoms with van der Waals surface area (Å²) in [5.74, 6) is -0.378. The van der Waals surface area contributed by atoms with Crippen molar-refractivity contribution < 1.29 is 18.5 Å². The van der Waals surface area contributed by atoms with Crippen LogP contribution in [0.25, 0.3) is 17.0 Å².